The number of hydrogen-bond donors (Lipinski definition) is 0. The fourth-order valence-electron chi connectivity index (χ4n) is 0.958. The molecule has 0 saturated heterocycles. The summed E-state index contributed by atoms with van der Waals surface area (Å²) in [6.07, 6.45) is -2.88. The van der Waals surface area contributed by atoms with Gasteiger partial charge in [0.05, 0.1) is 5.56 Å². The first-order chi connectivity index (χ1) is 6.45. The van der Waals surface area contributed by atoms with Gasteiger partial charge in [-0.3, -0.25) is 4.99 Å². The number of rotatable bonds is 1. The summed E-state index contributed by atoms with van der Waals surface area (Å²) in [5, 5.41) is 0. The van der Waals surface area contributed by atoms with Crippen LogP contribution in [-0.2, 0) is 6.18 Å². The highest BCUT2D eigenvalue weighted by Gasteiger charge is 2.30. The predicted molar refractivity (Wildman–Crippen MR) is 57.7 cm³/mol. The molecule has 0 N–H and O–H groups in total. The Morgan fingerprint density at radius 2 is 2.00 bits per heavy atom. The Hall–Kier alpha value is -0.590. The molecule has 0 aliphatic heterocycles. The summed E-state index contributed by atoms with van der Waals surface area (Å²) < 4.78 is 37.6. The molecule has 0 unspecified atom stereocenters. The van der Waals surface area contributed by atoms with Crippen LogP contribution in [0.25, 0.3) is 0 Å². The molecule has 0 bridgehead atoms. The standard InChI is InChI=1S/C9H7F3IN/c1-14-5-6-4-7(9(10,11)12)2-3-8(6)13/h2-5H,1H3/b14-5+. The van der Waals surface area contributed by atoms with Crippen molar-refractivity contribution in [2.45, 2.75) is 6.18 Å². The Morgan fingerprint density at radius 1 is 1.36 bits per heavy atom. The largest absolute Gasteiger partial charge is 0.416 e. The summed E-state index contributed by atoms with van der Waals surface area (Å²) >= 11 is 1.97. The molecule has 0 radical (unpaired) electrons. The third-order valence-electron chi connectivity index (χ3n) is 1.59. The first-order valence-corrected chi connectivity index (χ1v) is 4.82. The van der Waals surface area contributed by atoms with Gasteiger partial charge in [-0.2, -0.15) is 13.2 Å². The third kappa shape index (κ3) is 2.70. The van der Waals surface area contributed by atoms with Crippen molar-refractivity contribution in [2.75, 3.05) is 7.05 Å². The van der Waals surface area contributed by atoms with Crippen LogP contribution in [0.1, 0.15) is 11.1 Å². The number of benzene rings is 1. The Labute approximate surface area is 93.2 Å². The average Bonchev–Trinajstić information content (AvgIpc) is 2.07. The molecule has 0 aliphatic rings. The fourth-order valence-corrected chi connectivity index (χ4v) is 1.43. The Bertz CT molecular complexity index is 358. The van der Waals surface area contributed by atoms with Crippen LogP contribution >= 0.6 is 22.6 Å². The maximum absolute atomic E-state index is 12.3. The molecule has 1 aromatic carbocycles. The molecule has 76 valence electrons. The molecule has 0 atom stereocenters. The molecule has 0 heterocycles. The highest BCUT2D eigenvalue weighted by atomic mass is 127. The third-order valence-corrected chi connectivity index (χ3v) is 2.57. The van der Waals surface area contributed by atoms with Crippen molar-refractivity contribution in [2.24, 2.45) is 4.99 Å². The van der Waals surface area contributed by atoms with Crippen molar-refractivity contribution in [1.82, 2.24) is 0 Å². The van der Waals surface area contributed by atoms with E-state index in [1.807, 2.05) is 22.6 Å². The molecule has 0 amide bonds. The molecule has 0 saturated carbocycles. The molecule has 1 rings (SSSR count). The van der Waals surface area contributed by atoms with E-state index in [1.54, 1.807) is 0 Å². The van der Waals surface area contributed by atoms with E-state index in [-0.39, 0.29) is 0 Å². The van der Waals surface area contributed by atoms with Crippen LogP contribution in [0.3, 0.4) is 0 Å². The van der Waals surface area contributed by atoms with E-state index in [1.165, 1.54) is 19.3 Å². The second-order valence-corrected chi connectivity index (χ2v) is 3.78. The molecular weight excluding hydrogens is 306 g/mol. The van der Waals surface area contributed by atoms with Gasteiger partial charge in [0.15, 0.2) is 0 Å². The summed E-state index contributed by atoms with van der Waals surface area (Å²) in [6.45, 7) is 0. The number of aliphatic imine (C=N–C) groups is 1. The minimum atomic E-state index is -4.29. The molecule has 0 spiro atoms. The Balaban J connectivity index is 3.19. The topological polar surface area (TPSA) is 12.4 Å². The van der Waals surface area contributed by atoms with Crippen LogP contribution in [0, 0.1) is 3.57 Å². The van der Waals surface area contributed by atoms with Gasteiger partial charge in [0.1, 0.15) is 0 Å². The van der Waals surface area contributed by atoms with Gasteiger partial charge in [0.2, 0.25) is 0 Å². The second-order valence-electron chi connectivity index (χ2n) is 2.62. The summed E-state index contributed by atoms with van der Waals surface area (Å²) in [7, 11) is 1.52. The summed E-state index contributed by atoms with van der Waals surface area (Å²) in [5.74, 6) is 0. The zero-order valence-corrected chi connectivity index (χ0v) is 9.43. The maximum atomic E-state index is 12.3. The van der Waals surface area contributed by atoms with E-state index in [2.05, 4.69) is 4.99 Å². The van der Waals surface area contributed by atoms with Gasteiger partial charge in [0, 0.05) is 22.4 Å². The van der Waals surface area contributed by atoms with Crippen molar-refractivity contribution < 1.29 is 13.2 Å². The molecule has 0 aromatic heterocycles. The molecule has 5 heteroatoms. The van der Waals surface area contributed by atoms with E-state index < -0.39 is 11.7 Å². The van der Waals surface area contributed by atoms with Gasteiger partial charge < -0.3 is 0 Å². The highest BCUT2D eigenvalue weighted by molar-refractivity contribution is 14.1. The van der Waals surface area contributed by atoms with Crippen LogP contribution in [0.2, 0.25) is 0 Å². The molecule has 0 aliphatic carbocycles. The van der Waals surface area contributed by atoms with Gasteiger partial charge in [-0.1, -0.05) is 0 Å². The van der Waals surface area contributed by atoms with Gasteiger partial charge >= 0.3 is 6.18 Å². The molecule has 0 fully saturated rings. The van der Waals surface area contributed by atoms with Crippen LogP contribution in [0.15, 0.2) is 23.2 Å². The number of nitrogens with zero attached hydrogens (tertiary/aromatic N) is 1. The summed E-state index contributed by atoms with van der Waals surface area (Å²) in [6, 6.07) is 3.59. The van der Waals surface area contributed by atoms with Crippen molar-refractivity contribution >= 4 is 28.8 Å². The molecule has 1 nitrogen and oxygen atoms in total. The van der Waals surface area contributed by atoms with E-state index in [4.69, 9.17) is 0 Å². The number of hydrogen-bond acceptors (Lipinski definition) is 1. The maximum Gasteiger partial charge on any atom is 0.416 e. The lowest BCUT2D eigenvalue weighted by Gasteiger charge is -2.07. The van der Waals surface area contributed by atoms with E-state index in [9.17, 15) is 13.2 Å². The highest BCUT2D eigenvalue weighted by Crippen LogP contribution is 2.30. The number of alkyl halides is 3. The van der Waals surface area contributed by atoms with Crippen molar-refractivity contribution in [1.29, 1.82) is 0 Å². The van der Waals surface area contributed by atoms with Crippen LogP contribution < -0.4 is 0 Å². The summed E-state index contributed by atoms with van der Waals surface area (Å²) in [5.41, 5.74) is -0.157. The zero-order chi connectivity index (χ0) is 10.8. The molecule has 1 aromatic rings. The van der Waals surface area contributed by atoms with E-state index in [0.717, 1.165) is 15.7 Å². The Morgan fingerprint density at radius 3 is 2.50 bits per heavy atom. The quantitative estimate of drug-likeness (QED) is 0.557. The monoisotopic (exact) mass is 313 g/mol. The SMILES string of the molecule is C/N=C/c1cc(C(F)(F)F)ccc1I. The summed E-state index contributed by atoms with van der Waals surface area (Å²) in [4.78, 5) is 3.69. The lowest BCUT2D eigenvalue weighted by molar-refractivity contribution is -0.137. The zero-order valence-electron chi connectivity index (χ0n) is 7.27. The first-order valence-electron chi connectivity index (χ1n) is 3.74. The van der Waals surface area contributed by atoms with Gasteiger partial charge in [-0.05, 0) is 40.8 Å². The first kappa shape index (κ1) is 11.5. The molecular formula is C9H7F3IN. The van der Waals surface area contributed by atoms with Crippen molar-refractivity contribution in [3.8, 4) is 0 Å². The fraction of sp³-hybridized carbons (Fsp3) is 0.222. The lowest BCUT2D eigenvalue weighted by Crippen LogP contribution is -2.06. The van der Waals surface area contributed by atoms with Gasteiger partial charge in [0.25, 0.3) is 0 Å². The van der Waals surface area contributed by atoms with E-state index >= 15 is 0 Å². The Kier molecular flexibility index (Phi) is 3.52. The smallest absolute Gasteiger partial charge is 0.296 e. The normalized spacial score (nSPS) is 12.4. The second kappa shape index (κ2) is 4.29. The van der Waals surface area contributed by atoms with Gasteiger partial charge in [-0.25, -0.2) is 0 Å². The lowest BCUT2D eigenvalue weighted by atomic mass is 10.1. The minimum Gasteiger partial charge on any atom is -0.296 e. The van der Waals surface area contributed by atoms with Gasteiger partial charge in [-0.15, -0.1) is 0 Å². The number of halogens is 4. The average molecular weight is 313 g/mol. The molecule has 14 heavy (non-hydrogen) atoms. The minimum absolute atomic E-state index is 0.489. The van der Waals surface area contributed by atoms with Crippen molar-refractivity contribution in [3.63, 3.8) is 0 Å². The van der Waals surface area contributed by atoms with Crippen LogP contribution in [0.4, 0.5) is 13.2 Å². The van der Waals surface area contributed by atoms with Crippen LogP contribution in [-0.4, -0.2) is 13.3 Å². The van der Waals surface area contributed by atoms with E-state index in [0.29, 0.717) is 5.56 Å². The predicted octanol–water partition coefficient (Wildman–Crippen LogP) is 3.36. The van der Waals surface area contributed by atoms with Crippen molar-refractivity contribution in [3.05, 3.63) is 32.9 Å². The van der Waals surface area contributed by atoms with Crippen LogP contribution in [0.5, 0.6) is 0 Å².